The summed E-state index contributed by atoms with van der Waals surface area (Å²) in [5.74, 6) is 0. The fourth-order valence-corrected chi connectivity index (χ4v) is 1.56. The Morgan fingerprint density at radius 3 is 2.30 bits per heavy atom. The first-order chi connectivity index (χ1) is 9.03. The van der Waals surface area contributed by atoms with Crippen LogP contribution >= 0.6 is 0 Å². The first kappa shape index (κ1) is 16.3. The smallest absolute Gasteiger partial charge is 0.333 e. The number of hydrogen-bond donors (Lipinski definition) is 3. The maximum Gasteiger partial charge on any atom is 0.418 e. The molecule has 1 aromatic carbocycles. The molecule has 0 saturated heterocycles. The molecule has 20 heavy (non-hydrogen) atoms. The third kappa shape index (κ3) is 4.73. The molecule has 0 aromatic heterocycles. The highest BCUT2D eigenvalue weighted by Crippen LogP contribution is 2.35. The maximum absolute atomic E-state index is 12.9. The summed E-state index contributed by atoms with van der Waals surface area (Å²) in [6.45, 7) is 5.19. The molecule has 0 bridgehead atoms. The topological polar surface area (TPSA) is 67.2 Å². The predicted octanol–water partition coefficient (Wildman–Crippen LogP) is 3.08. The number of carbonyl (C=O) groups is 1. The third-order valence-electron chi connectivity index (χ3n) is 2.36. The molecular weight excluding hydrogens is 271 g/mol. The van der Waals surface area contributed by atoms with Gasteiger partial charge in [-0.25, -0.2) is 4.79 Å². The van der Waals surface area contributed by atoms with Crippen molar-refractivity contribution in [1.29, 1.82) is 0 Å². The highest BCUT2D eigenvalue weighted by atomic mass is 19.4. The van der Waals surface area contributed by atoms with Crippen LogP contribution in [-0.2, 0) is 12.7 Å². The van der Waals surface area contributed by atoms with Gasteiger partial charge in [0.15, 0.2) is 0 Å². The van der Waals surface area contributed by atoms with E-state index in [1.54, 1.807) is 20.8 Å². The summed E-state index contributed by atoms with van der Waals surface area (Å²) in [6.07, 6.45) is -4.56. The van der Waals surface area contributed by atoms with Gasteiger partial charge in [0.2, 0.25) is 0 Å². The highest BCUT2D eigenvalue weighted by Gasteiger charge is 2.34. The molecule has 0 fully saturated rings. The van der Waals surface area contributed by atoms with Crippen LogP contribution in [0.15, 0.2) is 18.2 Å². The van der Waals surface area contributed by atoms with E-state index >= 15 is 0 Å². The normalized spacial score (nSPS) is 12.2. The molecule has 0 spiro atoms. The Labute approximate surface area is 115 Å². The second-order valence-electron chi connectivity index (χ2n) is 5.41. The van der Waals surface area contributed by atoms with Crippen LogP contribution in [-0.4, -0.2) is 11.6 Å². The van der Waals surface area contributed by atoms with Crippen LogP contribution in [0.4, 0.5) is 23.7 Å². The molecule has 0 aliphatic heterocycles. The van der Waals surface area contributed by atoms with E-state index in [2.05, 4.69) is 10.6 Å². The Morgan fingerprint density at radius 2 is 1.85 bits per heavy atom. The van der Waals surface area contributed by atoms with Crippen molar-refractivity contribution in [2.24, 2.45) is 5.73 Å². The SMILES string of the molecule is CC(C)(C)NC(=O)Nc1ccc(CN)cc1C(F)(F)F. The largest absolute Gasteiger partial charge is 0.418 e. The monoisotopic (exact) mass is 289 g/mol. The summed E-state index contributed by atoms with van der Waals surface area (Å²) in [7, 11) is 0. The third-order valence-corrected chi connectivity index (χ3v) is 2.36. The molecule has 0 aliphatic carbocycles. The summed E-state index contributed by atoms with van der Waals surface area (Å²) < 4.78 is 38.8. The number of alkyl halides is 3. The van der Waals surface area contributed by atoms with Crippen molar-refractivity contribution in [3.63, 3.8) is 0 Å². The van der Waals surface area contributed by atoms with Gasteiger partial charge in [-0.05, 0) is 38.5 Å². The zero-order valence-electron chi connectivity index (χ0n) is 11.6. The highest BCUT2D eigenvalue weighted by molar-refractivity contribution is 5.90. The lowest BCUT2D eigenvalue weighted by Crippen LogP contribution is -2.43. The van der Waals surface area contributed by atoms with Gasteiger partial charge in [-0.15, -0.1) is 0 Å². The minimum atomic E-state index is -4.56. The van der Waals surface area contributed by atoms with Crippen LogP contribution in [0.3, 0.4) is 0 Å². The number of rotatable bonds is 2. The fourth-order valence-electron chi connectivity index (χ4n) is 1.56. The number of urea groups is 1. The van der Waals surface area contributed by atoms with Crippen molar-refractivity contribution < 1.29 is 18.0 Å². The van der Waals surface area contributed by atoms with Gasteiger partial charge >= 0.3 is 12.2 Å². The Balaban J connectivity index is 3.03. The molecule has 1 aromatic rings. The summed E-state index contributed by atoms with van der Waals surface area (Å²) in [4.78, 5) is 11.6. The summed E-state index contributed by atoms with van der Waals surface area (Å²) in [5, 5.41) is 4.75. The molecule has 0 aliphatic rings. The molecule has 0 radical (unpaired) electrons. The Bertz CT molecular complexity index is 493. The second-order valence-corrected chi connectivity index (χ2v) is 5.41. The number of anilines is 1. The number of halogens is 3. The molecule has 4 nitrogen and oxygen atoms in total. The molecule has 0 heterocycles. The van der Waals surface area contributed by atoms with Crippen molar-refractivity contribution in [2.75, 3.05) is 5.32 Å². The van der Waals surface area contributed by atoms with Gasteiger partial charge in [0, 0.05) is 12.1 Å². The van der Waals surface area contributed by atoms with Crippen LogP contribution in [0.1, 0.15) is 31.9 Å². The standard InChI is InChI=1S/C13H18F3N3O/c1-12(2,3)19-11(20)18-10-5-4-8(7-17)6-9(10)13(14,15)16/h4-6H,7,17H2,1-3H3,(H2,18,19,20). The lowest BCUT2D eigenvalue weighted by atomic mass is 10.1. The summed E-state index contributed by atoms with van der Waals surface area (Å²) in [5.41, 5.74) is 3.93. The van der Waals surface area contributed by atoms with Gasteiger partial charge in [0.1, 0.15) is 0 Å². The number of nitrogens with one attached hydrogen (secondary N) is 2. The molecule has 7 heteroatoms. The van der Waals surface area contributed by atoms with Gasteiger partial charge in [-0.3, -0.25) is 0 Å². The van der Waals surface area contributed by atoms with Crippen LogP contribution in [0.2, 0.25) is 0 Å². The molecular formula is C13H18F3N3O. The van der Waals surface area contributed by atoms with Crippen LogP contribution in [0, 0.1) is 0 Å². The van der Waals surface area contributed by atoms with E-state index in [4.69, 9.17) is 5.73 Å². The molecule has 4 N–H and O–H groups in total. The van der Waals surface area contributed by atoms with Crippen molar-refractivity contribution in [2.45, 2.75) is 39.0 Å². The zero-order chi connectivity index (χ0) is 15.6. The lowest BCUT2D eigenvalue weighted by Gasteiger charge is -2.22. The lowest BCUT2D eigenvalue weighted by molar-refractivity contribution is -0.137. The summed E-state index contributed by atoms with van der Waals surface area (Å²) in [6, 6.07) is 2.89. The average Bonchev–Trinajstić information content (AvgIpc) is 2.25. The quantitative estimate of drug-likeness (QED) is 0.783. The molecule has 112 valence electrons. The molecule has 2 amide bonds. The van der Waals surface area contributed by atoms with E-state index in [1.807, 2.05) is 0 Å². The Hall–Kier alpha value is -1.76. The van der Waals surface area contributed by atoms with Crippen LogP contribution in [0.5, 0.6) is 0 Å². The number of hydrogen-bond acceptors (Lipinski definition) is 2. The summed E-state index contributed by atoms with van der Waals surface area (Å²) >= 11 is 0. The van der Waals surface area contributed by atoms with Crippen LogP contribution < -0.4 is 16.4 Å². The zero-order valence-corrected chi connectivity index (χ0v) is 11.6. The first-order valence-corrected chi connectivity index (χ1v) is 6.02. The van der Waals surface area contributed by atoms with Crippen molar-refractivity contribution in [3.05, 3.63) is 29.3 Å². The Kier molecular flexibility index (Phi) is 4.65. The number of nitrogens with two attached hydrogens (primary N) is 1. The minimum absolute atomic E-state index is 0.00243. The molecule has 0 atom stereocenters. The molecule has 1 rings (SSSR count). The van der Waals surface area contributed by atoms with E-state index in [0.717, 1.165) is 6.07 Å². The second kappa shape index (κ2) is 5.70. The van der Waals surface area contributed by atoms with Gasteiger partial charge in [0.05, 0.1) is 11.3 Å². The van der Waals surface area contributed by atoms with E-state index in [9.17, 15) is 18.0 Å². The molecule has 0 saturated carbocycles. The molecule has 0 unspecified atom stereocenters. The Morgan fingerprint density at radius 1 is 1.25 bits per heavy atom. The number of carbonyl (C=O) groups excluding carboxylic acids is 1. The van der Waals surface area contributed by atoms with Crippen molar-refractivity contribution in [1.82, 2.24) is 5.32 Å². The minimum Gasteiger partial charge on any atom is -0.333 e. The van der Waals surface area contributed by atoms with Gasteiger partial charge < -0.3 is 16.4 Å². The fraction of sp³-hybridized carbons (Fsp3) is 0.462. The van der Waals surface area contributed by atoms with E-state index in [1.165, 1.54) is 12.1 Å². The average molecular weight is 289 g/mol. The van der Waals surface area contributed by atoms with Gasteiger partial charge in [-0.1, -0.05) is 6.07 Å². The number of benzene rings is 1. The van der Waals surface area contributed by atoms with Gasteiger partial charge in [0.25, 0.3) is 0 Å². The first-order valence-electron chi connectivity index (χ1n) is 6.02. The maximum atomic E-state index is 12.9. The van der Waals surface area contributed by atoms with Gasteiger partial charge in [-0.2, -0.15) is 13.2 Å². The van der Waals surface area contributed by atoms with E-state index < -0.39 is 23.3 Å². The van der Waals surface area contributed by atoms with Crippen molar-refractivity contribution >= 4 is 11.7 Å². The predicted molar refractivity (Wildman–Crippen MR) is 71.2 cm³/mol. The van der Waals surface area contributed by atoms with E-state index in [-0.39, 0.29) is 12.2 Å². The van der Waals surface area contributed by atoms with Crippen molar-refractivity contribution in [3.8, 4) is 0 Å². The van der Waals surface area contributed by atoms with Crippen LogP contribution in [0.25, 0.3) is 0 Å². The van der Waals surface area contributed by atoms with E-state index in [0.29, 0.717) is 5.56 Å². The number of amides is 2.